The summed E-state index contributed by atoms with van der Waals surface area (Å²) >= 11 is 1.65. The zero-order valence-corrected chi connectivity index (χ0v) is 10.0. The molecule has 0 aliphatic rings. The van der Waals surface area contributed by atoms with Gasteiger partial charge in [-0.25, -0.2) is 4.98 Å². The SMILES string of the molecule is NCc1cn(Cc2cncs2)c2ncccc12. The van der Waals surface area contributed by atoms with Crippen molar-refractivity contribution >= 4 is 22.4 Å². The summed E-state index contributed by atoms with van der Waals surface area (Å²) in [5, 5.41) is 1.14. The van der Waals surface area contributed by atoms with Crippen molar-refractivity contribution in [2.45, 2.75) is 13.1 Å². The highest BCUT2D eigenvalue weighted by Gasteiger charge is 2.08. The summed E-state index contributed by atoms with van der Waals surface area (Å²) in [4.78, 5) is 9.73. The quantitative estimate of drug-likeness (QED) is 0.766. The lowest BCUT2D eigenvalue weighted by Crippen LogP contribution is -1.97. The molecule has 3 heterocycles. The fraction of sp³-hybridized carbons (Fsp3) is 0.167. The van der Waals surface area contributed by atoms with Gasteiger partial charge in [-0.3, -0.25) is 4.98 Å². The maximum Gasteiger partial charge on any atom is 0.140 e. The number of pyridine rings is 1. The molecule has 3 aromatic rings. The normalized spacial score (nSPS) is 11.1. The Kier molecular flexibility index (Phi) is 2.62. The van der Waals surface area contributed by atoms with Gasteiger partial charge in [0.05, 0.1) is 12.1 Å². The third-order valence-corrected chi connectivity index (χ3v) is 3.51. The maximum absolute atomic E-state index is 5.75. The number of fused-ring (bicyclic) bond motifs is 1. The van der Waals surface area contributed by atoms with Gasteiger partial charge < -0.3 is 10.3 Å². The number of aromatic nitrogens is 3. The highest BCUT2D eigenvalue weighted by atomic mass is 32.1. The third-order valence-electron chi connectivity index (χ3n) is 2.75. The van der Waals surface area contributed by atoms with Crippen molar-refractivity contribution in [1.29, 1.82) is 0 Å². The molecule has 4 nitrogen and oxygen atoms in total. The standard InChI is InChI=1S/C12H12N4S/c13-4-9-6-16(7-10-5-14-8-17-10)12-11(9)2-1-3-15-12/h1-3,5-6,8H,4,7,13H2. The molecule has 0 radical (unpaired) electrons. The molecule has 0 aromatic carbocycles. The Labute approximate surface area is 103 Å². The summed E-state index contributed by atoms with van der Waals surface area (Å²) in [6.45, 7) is 1.34. The fourth-order valence-electron chi connectivity index (χ4n) is 1.97. The number of nitrogens with two attached hydrogens (primary N) is 1. The number of hydrogen-bond donors (Lipinski definition) is 1. The van der Waals surface area contributed by atoms with Crippen molar-refractivity contribution in [3.63, 3.8) is 0 Å². The predicted molar refractivity (Wildman–Crippen MR) is 68.8 cm³/mol. The molecule has 3 rings (SSSR count). The molecule has 2 N–H and O–H groups in total. The molecule has 0 amide bonds. The Morgan fingerprint density at radius 3 is 3.12 bits per heavy atom. The molecule has 17 heavy (non-hydrogen) atoms. The van der Waals surface area contributed by atoms with Gasteiger partial charge in [-0.2, -0.15) is 0 Å². The number of thiazole rings is 1. The maximum atomic E-state index is 5.75. The first-order valence-electron chi connectivity index (χ1n) is 5.38. The minimum absolute atomic E-state index is 0.540. The average molecular weight is 244 g/mol. The van der Waals surface area contributed by atoms with Gasteiger partial charge in [0, 0.05) is 35.4 Å². The monoisotopic (exact) mass is 244 g/mol. The molecular formula is C12H12N4S. The largest absolute Gasteiger partial charge is 0.327 e. The summed E-state index contributed by atoms with van der Waals surface area (Å²) in [6.07, 6.45) is 5.78. The third kappa shape index (κ3) is 1.83. The van der Waals surface area contributed by atoms with Crippen molar-refractivity contribution in [1.82, 2.24) is 14.5 Å². The molecule has 0 bridgehead atoms. The first-order valence-corrected chi connectivity index (χ1v) is 6.26. The van der Waals surface area contributed by atoms with Crippen molar-refractivity contribution in [2.75, 3.05) is 0 Å². The van der Waals surface area contributed by atoms with Gasteiger partial charge in [-0.1, -0.05) is 0 Å². The van der Waals surface area contributed by atoms with Gasteiger partial charge in [0.15, 0.2) is 0 Å². The molecule has 0 aliphatic heterocycles. The lowest BCUT2D eigenvalue weighted by Gasteiger charge is -2.00. The molecule has 0 saturated heterocycles. The molecule has 0 unspecified atom stereocenters. The number of hydrogen-bond acceptors (Lipinski definition) is 4. The van der Waals surface area contributed by atoms with E-state index in [1.54, 1.807) is 11.3 Å². The Balaban J connectivity index is 2.10. The molecule has 0 aliphatic carbocycles. The molecule has 3 aromatic heterocycles. The summed E-state index contributed by atoms with van der Waals surface area (Å²) in [5.41, 5.74) is 9.72. The predicted octanol–water partition coefficient (Wildman–Crippen LogP) is 2.00. The van der Waals surface area contributed by atoms with E-state index in [-0.39, 0.29) is 0 Å². The number of rotatable bonds is 3. The van der Waals surface area contributed by atoms with Crippen molar-refractivity contribution in [3.8, 4) is 0 Å². The van der Waals surface area contributed by atoms with Crippen LogP contribution in [0.15, 0.2) is 36.2 Å². The van der Waals surface area contributed by atoms with E-state index >= 15 is 0 Å². The van der Waals surface area contributed by atoms with Crippen LogP contribution in [0.4, 0.5) is 0 Å². The molecule has 0 fully saturated rings. The summed E-state index contributed by atoms with van der Waals surface area (Å²) in [7, 11) is 0. The molecule has 0 saturated carbocycles. The molecule has 5 heteroatoms. The minimum Gasteiger partial charge on any atom is -0.327 e. The van der Waals surface area contributed by atoms with Gasteiger partial charge in [0.1, 0.15) is 5.65 Å². The van der Waals surface area contributed by atoms with E-state index in [9.17, 15) is 0 Å². The van der Waals surface area contributed by atoms with Crippen LogP contribution in [0, 0.1) is 0 Å². The minimum atomic E-state index is 0.540. The van der Waals surface area contributed by atoms with Crippen molar-refractivity contribution in [3.05, 3.63) is 46.7 Å². The first-order chi connectivity index (χ1) is 8.38. The van der Waals surface area contributed by atoms with Gasteiger partial charge in [-0.15, -0.1) is 11.3 Å². The van der Waals surface area contributed by atoms with Gasteiger partial charge in [0.2, 0.25) is 0 Å². The fourth-order valence-corrected chi connectivity index (χ4v) is 2.56. The van der Waals surface area contributed by atoms with Crippen LogP contribution in [0.5, 0.6) is 0 Å². The second-order valence-electron chi connectivity index (χ2n) is 3.83. The smallest absolute Gasteiger partial charge is 0.140 e. The Hall–Kier alpha value is -1.72. The summed E-state index contributed by atoms with van der Waals surface area (Å²) in [5.74, 6) is 0. The van der Waals surface area contributed by atoms with Gasteiger partial charge in [-0.05, 0) is 17.7 Å². The second kappa shape index (κ2) is 4.27. The summed E-state index contributed by atoms with van der Waals surface area (Å²) < 4.78 is 2.13. The van der Waals surface area contributed by atoms with Crippen LogP contribution >= 0.6 is 11.3 Å². The van der Waals surface area contributed by atoms with Crippen LogP contribution < -0.4 is 5.73 Å². The molecule has 86 valence electrons. The van der Waals surface area contributed by atoms with Crippen LogP contribution in [0.3, 0.4) is 0 Å². The first kappa shape index (κ1) is 10.4. The van der Waals surface area contributed by atoms with Gasteiger partial charge >= 0.3 is 0 Å². The highest BCUT2D eigenvalue weighted by Crippen LogP contribution is 2.20. The Morgan fingerprint density at radius 2 is 2.35 bits per heavy atom. The van der Waals surface area contributed by atoms with E-state index < -0.39 is 0 Å². The van der Waals surface area contributed by atoms with E-state index in [0.717, 1.165) is 23.1 Å². The topological polar surface area (TPSA) is 56.7 Å². The van der Waals surface area contributed by atoms with E-state index in [0.29, 0.717) is 6.54 Å². The lowest BCUT2D eigenvalue weighted by molar-refractivity contribution is 0.830. The van der Waals surface area contributed by atoms with E-state index in [1.807, 2.05) is 24.0 Å². The highest BCUT2D eigenvalue weighted by molar-refractivity contribution is 7.09. The Bertz CT molecular complexity index is 627. The second-order valence-corrected chi connectivity index (χ2v) is 4.80. The zero-order valence-electron chi connectivity index (χ0n) is 9.21. The summed E-state index contributed by atoms with van der Waals surface area (Å²) in [6, 6.07) is 4.01. The average Bonchev–Trinajstić information content (AvgIpc) is 2.98. The van der Waals surface area contributed by atoms with E-state index in [2.05, 4.69) is 26.8 Å². The van der Waals surface area contributed by atoms with Crippen LogP contribution in [0.1, 0.15) is 10.4 Å². The molecule has 0 atom stereocenters. The van der Waals surface area contributed by atoms with Crippen molar-refractivity contribution in [2.24, 2.45) is 5.73 Å². The zero-order chi connectivity index (χ0) is 11.7. The molecule has 0 spiro atoms. The van der Waals surface area contributed by atoms with Crippen LogP contribution in [0.25, 0.3) is 11.0 Å². The van der Waals surface area contributed by atoms with Gasteiger partial charge in [0.25, 0.3) is 0 Å². The number of nitrogens with zero attached hydrogens (tertiary/aromatic N) is 3. The molecular weight excluding hydrogens is 232 g/mol. The van der Waals surface area contributed by atoms with Crippen LogP contribution in [0.2, 0.25) is 0 Å². The van der Waals surface area contributed by atoms with Crippen molar-refractivity contribution < 1.29 is 0 Å². The van der Waals surface area contributed by atoms with E-state index in [4.69, 9.17) is 5.73 Å². The van der Waals surface area contributed by atoms with Crippen LogP contribution in [-0.2, 0) is 13.1 Å². The van der Waals surface area contributed by atoms with E-state index in [1.165, 1.54) is 4.88 Å². The lowest BCUT2D eigenvalue weighted by atomic mass is 10.2. The Morgan fingerprint density at radius 1 is 1.41 bits per heavy atom. The van der Waals surface area contributed by atoms with Crippen LogP contribution in [-0.4, -0.2) is 14.5 Å².